The third-order valence-corrected chi connectivity index (χ3v) is 4.29. The van der Waals surface area contributed by atoms with Crippen LogP contribution < -0.4 is 5.73 Å². The highest BCUT2D eigenvalue weighted by molar-refractivity contribution is 7.99. The smallest absolute Gasteiger partial charge is 0.239 e. The van der Waals surface area contributed by atoms with Crippen LogP contribution in [-0.4, -0.2) is 34.9 Å². The van der Waals surface area contributed by atoms with Gasteiger partial charge < -0.3 is 10.6 Å². The van der Waals surface area contributed by atoms with Crippen molar-refractivity contribution in [3.8, 4) is 0 Å². The van der Waals surface area contributed by atoms with Crippen molar-refractivity contribution in [1.82, 2.24) is 4.90 Å². The van der Waals surface area contributed by atoms with Crippen LogP contribution in [0.15, 0.2) is 24.3 Å². The number of benzene rings is 1. The first-order chi connectivity index (χ1) is 8.59. The van der Waals surface area contributed by atoms with Crippen LogP contribution in [0.4, 0.5) is 0 Å². The zero-order valence-corrected chi connectivity index (χ0v) is 13.0. The van der Waals surface area contributed by atoms with Gasteiger partial charge in [0.2, 0.25) is 5.91 Å². The fraction of sp³-hybridized carbons (Fsp3) is 0.500. The molecule has 1 heterocycles. The first-order valence-electron chi connectivity index (χ1n) is 6.30. The molecule has 1 aliphatic rings. The molecule has 0 saturated carbocycles. The Balaban J connectivity index is 0.00000180. The summed E-state index contributed by atoms with van der Waals surface area (Å²) >= 11 is 1.90. The summed E-state index contributed by atoms with van der Waals surface area (Å²) in [5.41, 5.74) is 8.19. The van der Waals surface area contributed by atoms with E-state index in [9.17, 15) is 4.79 Å². The van der Waals surface area contributed by atoms with Gasteiger partial charge in [0.05, 0.1) is 12.1 Å². The second kappa shape index (κ2) is 7.17. The molecule has 0 bridgehead atoms. The normalized spacial score (nSPS) is 20.6. The second-order valence-electron chi connectivity index (χ2n) is 4.82. The Kier molecular flexibility index (Phi) is 6.17. The summed E-state index contributed by atoms with van der Waals surface area (Å²) in [7, 11) is 0. The molecule has 1 aromatic carbocycles. The number of nitrogens with two attached hydrogens (primary N) is 1. The molecule has 19 heavy (non-hydrogen) atoms. The van der Waals surface area contributed by atoms with Crippen LogP contribution in [0, 0.1) is 6.92 Å². The lowest BCUT2D eigenvalue weighted by molar-refractivity contribution is -0.134. The number of halogens is 1. The molecule has 1 aromatic rings. The van der Waals surface area contributed by atoms with Crippen LogP contribution in [0.3, 0.4) is 0 Å². The maximum absolute atomic E-state index is 12.1. The number of rotatable bonds is 2. The van der Waals surface area contributed by atoms with E-state index in [-0.39, 0.29) is 24.4 Å². The maximum Gasteiger partial charge on any atom is 0.239 e. The fourth-order valence-corrected chi connectivity index (χ4v) is 3.28. The quantitative estimate of drug-likeness (QED) is 0.912. The minimum atomic E-state index is -0.416. The van der Waals surface area contributed by atoms with E-state index < -0.39 is 6.04 Å². The summed E-state index contributed by atoms with van der Waals surface area (Å²) in [4.78, 5) is 14.1. The number of hydrogen-bond acceptors (Lipinski definition) is 3. The average molecular weight is 301 g/mol. The van der Waals surface area contributed by atoms with E-state index in [1.807, 2.05) is 16.7 Å². The van der Waals surface area contributed by atoms with Crippen LogP contribution in [0.1, 0.15) is 24.1 Å². The van der Waals surface area contributed by atoms with E-state index in [2.05, 4.69) is 31.2 Å². The first kappa shape index (κ1) is 16.3. The van der Waals surface area contributed by atoms with Gasteiger partial charge in [-0.1, -0.05) is 29.8 Å². The summed E-state index contributed by atoms with van der Waals surface area (Å²) in [6.45, 7) is 4.63. The molecule has 1 aliphatic heterocycles. The summed E-state index contributed by atoms with van der Waals surface area (Å²) in [6, 6.07) is 8.19. The largest absolute Gasteiger partial charge is 0.333 e. The zero-order valence-electron chi connectivity index (χ0n) is 11.3. The molecule has 0 aromatic heterocycles. The van der Waals surface area contributed by atoms with Crippen LogP contribution in [0.2, 0.25) is 0 Å². The molecular weight excluding hydrogens is 280 g/mol. The zero-order chi connectivity index (χ0) is 13.1. The Bertz CT molecular complexity index is 422. The molecule has 3 nitrogen and oxygen atoms in total. The molecule has 0 aliphatic carbocycles. The van der Waals surface area contributed by atoms with Gasteiger partial charge in [0, 0.05) is 18.1 Å². The van der Waals surface area contributed by atoms with E-state index in [1.165, 1.54) is 11.1 Å². The third-order valence-electron chi connectivity index (χ3n) is 3.26. The van der Waals surface area contributed by atoms with Crippen molar-refractivity contribution < 1.29 is 4.79 Å². The van der Waals surface area contributed by atoms with Crippen molar-refractivity contribution in [3.05, 3.63) is 35.4 Å². The highest BCUT2D eigenvalue weighted by Crippen LogP contribution is 2.30. The molecule has 0 spiro atoms. The Morgan fingerprint density at radius 2 is 2.05 bits per heavy atom. The summed E-state index contributed by atoms with van der Waals surface area (Å²) in [5.74, 6) is 2.02. The molecule has 1 amide bonds. The van der Waals surface area contributed by atoms with E-state index in [0.717, 1.165) is 18.1 Å². The molecule has 1 fully saturated rings. The number of carbonyl (C=O) groups excluding carboxylic acids is 1. The number of hydrogen-bond donors (Lipinski definition) is 1. The van der Waals surface area contributed by atoms with Crippen molar-refractivity contribution in [1.29, 1.82) is 0 Å². The van der Waals surface area contributed by atoms with Crippen LogP contribution in [0.5, 0.6) is 0 Å². The Morgan fingerprint density at radius 1 is 1.42 bits per heavy atom. The van der Waals surface area contributed by atoms with Gasteiger partial charge in [-0.2, -0.15) is 11.8 Å². The molecule has 2 atom stereocenters. The number of carbonyl (C=O) groups is 1. The average Bonchev–Trinajstić information content (AvgIpc) is 2.39. The van der Waals surface area contributed by atoms with Crippen molar-refractivity contribution in [2.24, 2.45) is 5.73 Å². The number of nitrogens with zero attached hydrogens (tertiary/aromatic N) is 1. The predicted molar refractivity (Wildman–Crippen MR) is 83.9 cm³/mol. The fourth-order valence-electron chi connectivity index (χ4n) is 2.19. The lowest BCUT2D eigenvalue weighted by Crippen LogP contribution is -2.47. The van der Waals surface area contributed by atoms with Crippen molar-refractivity contribution in [3.63, 3.8) is 0 Å². The van der Waals surface area contributed by atoms with Crippen molar-refractivity contribution in [2.45, 2.75) is 25.9 Å². The molecule has 2 rings (SSSR count). The van der Waals surface area contributed by atoms with Gasteiger partial charge in [0.15, 0.2) is 0 Å². The van der Waals surface area contributed by atoms with Crippen LogP contribution in [-0.2, 0) is 4.79 Å². The second-order valence-corrected chi connectivity index (χ2v) is 5.97. The lowest BCUT2D eigenvalue weighted by atomic mass is 10.0. The number of aryl methyl sites for hydroxylation is 1. The Hall–Kier alpha value is -0.710. The van der Waals surface area contributed by atoms with Crippen LogP contribution in [0.25, 0.3) is 0 Å². The number of thioether (sulfide) groups is 1. The molecular formula is C14H21ClN2OS. The monoisotopic (exact) mass is 300 g/mol. The molecule has 106 valence electrons. The topological polar surface area (TPSA) is 46.3 Å². The minimum Gasteiger partial charge on any atom is -0.333 e. The van der Waals surface area contributed by atoms with Crippen LogP contribution >= 0.6 is 24.2 Å². The van der Waals surface area contributed by atoms with Gasteiger partial charge in [-0.05, 0) is 19.4 Å². The van der Waals surface area contributed by atoms with Gasteiger partial charge >= 0.3 is 0 Å². The van der Waals surface area contributed by atoms with Crippen molar-refractivity contribution >= 4 is 30.1 Å². The molecule has 5 heteroatoms. The van der Waals surface area contributed by atoms with Gasteiger partial charge in [-0.15, -0.1) is 12.4 Å². The lowest BCUT2D eigenvalue weighted by Gasteiger charge is -2.36. The van der Waals surface area contributed by atoms with E-state index in [0.29, 0.717) is 0 Å². The highest BCUT2D eigenvalue weighted by atomic mass is 35.5. The van der Waals surface area contributed by atoms with E-state index in [1.54, 1.807) is 6.92 Å². The highest BCUT2D eigenvalue weighted by Gasteiger charge is 2.29. The summed E-state index contributed by atoms with van der Waals surface area (Å²) in [6.07, 6.45) is 0. The maximum atomic E-state index is 12.1. The van der Waals surface area contributed by atoms with Gasteiger partial charge in [-0.25, -0.2) is 0 Å². The van der Waals surface area contributed by atoms with Gasteiger partial charge in [0.1, 0.15) is 0 Å². The van der Waals surface area contributed by atoms with E-state index >= 15 is 0 Å². The Morgan fingerprint density at radius 3 is 2.63 bits per heavy atom. The van der Waals surface area contributed by atoms with Gasteiger partial charge in [-0.3, -0.25) is 4.79 Å². The summed E-state index contributed by atoms with van der Waals surface area (Å²) in [5, 5.41) is 0. The predicted octanol–water partition coefficient (Wildman–Crippen LogP) is 2.38. The van der Waals surface area contributed by atoms with E-state index in [4.69, 9.17) is 5.73 Å². The third kappa shape index (κ3) is 3.88. The molecule has 1 saturated heterocycles. The standard InChI is InChI=1S/C14H20N2OS.ClH/c1-10-3-5-12(6-4-10)13-9-18-8-7-16(13)14(17)11(2)15;/h3-6,11,13H,7-9,15H2,1-2H3;1H/t11-,13?;/m0./s1. The molecule has 1 unspecified atom stereocenters. The SMILES string of the molecule is Cc1ccc(C2CSCCN2C(=O)[C@H](C)N)cc1.Cl. The molecule has 0 radical (unpaired) electrons. The minimum absolute atomic E-state index is 0. The first-order valence-corrected chi connectivity index (χ1v) is 7.45. The van der Waals surface area contributed by atoms with Gasteiger partial charge in [0.25, 0.3) is 0 Å². The van der Waals surface area contributed by atoms with Crippen molar-refractivity contribution in [2.75, 3.05) is 18.1 Å². The summed E-state index contributed by atoms with van der Waals surface area (Å²) < 4.78 is 0. The molecule has 2 N–H and O–H groups in total. The number of amides is 1. The Labute approximate surface area is 125 Å².